The number of carbonyl (C=O) groups is 1. The van der Waals surface area contributed by atoms with Crippen molar-refractivity contribution in [1.82, 2.24) is 0 Å². The molecule has 0 unspecified atom stereocenters. The van der Waals surface area contributed by atoms with E-state index in [4.69, 9.17) is 9.47 Å². The van der Waals surface area contributed by atoms with Crippen LogP contribution in [-0.2, 0) is 21.2 Å². The summed E-state index contributed by atoms with van der Waals surface area (Å²) in [4.78, 5) is 12.0. The first kappa shape index (κ1) is 19.8. The van der Waals surface area contributed by atoms with E-state index in [9.17, 15) is 13.2 Å². The largest absolute Gasteiger partial charge is 0.496 e. The molecule has 140 valence electrons. The number of esters is 1. The molecule has 26 heavy (non-hydrogen) atoms. The van der Waals surface area contributed by atoms with E-state index in [0.717, 1.165) is 5.56 Å². The summed E-state index contributed by atoms with van der Waals surface area (Å²) in [6.07, 6.45) is 0.643. The van der Waals surface area contributed by atoms with Crippen LogP contribution in [-0.4, -0.2) is 28.1 Å². The van der Waals surface area contributed by atoms with E-state index < -0.39 is 16.0 Å². The van der Waals surface area contributed by atoms with Crippen molar-refractivity contribution in [3.63, 3.8) is 0 Å². The highest BCUT2D eigenvalue weighted by atomic mass is 32.2. The van der Waals surface area contributed by atoms with Gasteiger partial charge in [0.05, 0.1) is 29.9 Å². The third-order valence-electron chi connectivity index (χ3n) is 3.94. The number of hydrogen-bond acceptors (Lipinski definition) is 5. The topological polar surface area (TPSA) is 81.7 Å². The monoisotopic (exact) mass is 377 g/mol. The normalized spacial score (nSPS) is 11.1. The predicted octanol–water partition coefficient (Wildman–Crippen LogP) is 3.54. The zero-order valence-electron chi connectivity index (χ0n) is 15.3. The summed E-state index contributed by atoms with van der Waals surface area (Å²) in [6, 6.07) is 9.48. The summed E-state index contributed by atoms with van der Waals surface area (Å²) in [7, 11) is -2.26. The molecule has 0 atom stereocenters. The number of rotatable bonds is 7. The van der Waals surface area contributed by atoms with Crippen LogP contribution in [0, 0.1) is 6.92 Å². The predicted molar refractivity (Wildman–Crippen MR) is 100 cm³/mol. The van der Waals surface area contributed by atoms with Crippen molar-refractivity contribution in [3.05, 3.63) is 53.1 Å². The molecule has 0 fully saturated rings. The van der Waals surface area contributed by atoms with E-state index in [-0.39, 0.29) is 11.5 Å². The molecule has 0 amide bonds. The second-order valence-corrected chi connectivity index (χ2v) is 7.37. The van der Waals surface area contributed by atoms with Gasteiger partial charge < -0.3 is 9.47 Å². The van der Waals surface area contributed by atoms with Gasteiger partial charge in [0, 0.05) is 0 Å². The summed E-state index contributed by atoms with van der Waals surface area (Å²) >= 11 is 0. The second kappa shape index (κ2) is 8.23. The van der Waals surface area contributed by atoms with E-state index in [1.165, 1.54) is 12.1 Å². The summed E-state index contributed by atoms with van der Waals surface area (Å²) in [5.74, 6) is 0.151. The third kappa shape index (κ3) is 4.35. The van der Waals surface area contributed by atoms with Crippen LogP contribution < -0.4 is 9.46 Å². The molecular formula is C19H23NO5S. The fourth-order valence-corrected chi connectivity index (χ4v) is 3.65. The Morgan fingerprint density at radius 2 is 1.85 bits per heavy atom. The second-order valence-electron chi connectivity index (χ2n) is 5.68. The van der Waals surface area contributed by atoms with Gasteiger partial charge in [0.1, 0.15) is 5.75 Å². The summed E-state index contributed by atoms with van der Waals surface area (Å²) in [5.41, 5.74) is 2.13. The van der Waals surface area contributed by atoms with Gasteiger partial charge in [-0.05, 0) is 61.7 Å². The first-order valence-corrected chi connectivity index (χ1v) is 9.78. The minimum Gasteiger partial charge on any atom is -0.496 e. The van der Waals surface area contributed by atoms with Gasteiger partial charge in [-0.25, -0.2) is 13.2 Å². The third-order valence-corrected chi connectivity index (χ3v) is 5.30. The molecule has 0 heterocycles. The molecule has 0 aliphatic carbocycles. The van der Waals surface area contributed by atoms with Crippen molar-refractivity contribution in [1.29, 1.82) is 0 Å². The minimum absolute atomic E-state index is 0.135. The van der Waals surface area contributed by atoms with Crippen LogP contribution >= 0.6 is 0 Å². The average Bonchev–Trinajstić information content (AvgIpc) is 2.62. The molecule has 0 saturated heterocycles. The van der Waals surface area contributed by atoms with Gasteiger partial charge in [0.25, 0.3) is 10.0 Å². The quantitative estimate of drug-likeness (QED) is 0.746. The van der Waals surface area contributed by atoms with Crippen molar-refractivity contribution in [2.24, 2.45) is 0 Å². The van der Waals surface area contributed by atoms with Crippen molar-refractivity contribution >= 4 is 21.7 Å². The molecule has 0 aliphatic heterocycles. The molecule has 0 bridgehead atoms. The number of ether oxygens (including phenoxy) is 2. The average molecular weight is 377 g/mol. The number of nitrogens with one attached hydrogen (secondary N) is 1. The highest BCUT2D eigenvalue weighted by Gasteiger charge is 2.18. The zero-order chi connectivity index (χ0) is 19.3. The molecule has 0 spiro atoms. The number of anilines is 1. The van der Waals surface area contributed by atoms with Gasteiger partial charge in [0.15, 0.2) is 0 Å². The fraction of sp³-hybridized carbons (Fsp3) is 0.316. The Hall–Kier alpha value is -2.54. The van der Waals surface area contributed by atoms with Crippen LogP contribution in [0.2, 0.25) is 0 Å². The number of benzene rings is 2. The molecular weight excluding hydrogens is 354 g/mol. The van der Waals surface area contributed by atoms with Crippen LogP contribution in [0.5, 0.6) is 5.75 Å². The standard InChI is InChI=1S/C19H23NO5S/c1-5-14-11-16(9-10-18(14)24-4)26(22,23)20-17-12-15(8-7-13(17)3)19(21)25-6-2/h7-12,20H,5-6H2,1-4H3. The smallest absolute Gasteiger partial charge is 0.338 e. The van der Waals surface area contributed by atoms with Gasteiger partial charge >= 0.3 is 5.97 Å². The molecule has 0 aliphatic rings. The lowest BCUT2D eigenvalue weighted by Crippen LogP contribution is -2.15. The Balaban J connectivity index is 2.37. The maximum atomic E-state index is 12.8. The number of aryl methyl sites for hydroxylation is 2. The molecule has 6 nitrogen and oxygen atoms in total. The number of methoxy groups -OCH3 is 1. The fourth-order valence-electron chi connectivity index (χ4n) is 2.48. The van der Waals surface area contributed by atoms with Crippen LogP contribution in [0.15, 0.2) is 41.3 Å². The molecule has 0 radical (unpaired) electrons. The van der Waals surface area contributed by atoms with Crippen molar-refractivity contribution in [3.8, 4) is 5.75 Å². The number of hydrogen-bond donors (Lipinski definition) is 1. The molecule has 1 N–H and O–H groups in total. The lowest BCUT2D eigenvalue weighted by atomic mass is 10.1. The Labute approximate surface area is 154 Å². The van der Waals surface area contributed by atoms with Crippen LogP contribution in [0.25, 0.3) is 0 Å². The first-order valence-electron chi connectivity index (χ1n) is 8.29. The summed E-state index contributed by atoms with van der Waals surface area (Å²) in [5, 5.41) is 0. The Bertz CT molecular complexity index is 906. The lowest BCUT2D eigenvalue weighted by Gasteiger charge is -2.14. The Morgan fingerprint density at radius 1 is 1.12 bits per heavy atom. The number of carbonyl (C=O) groups excluding carboxylic acids is 1. The van der Waals surface area contributed by atoms with E-state index in [0.29, 0.717) is 29.0 Å². The van der Waals surface area contributed by atoms with Crippen LogP contribution in [0.3, 0.4) is 0 Å². The molecule has 2 rings (SSSR count). The van der Waals surface area contributed by atoms with E-state index in [2.05, 4.69) is 4.72 Å². The van der Waals surface area contributed by atoms with Crippen molar-refractivity contribution < 1.29 is 22.7 Å². The van der Waals surface area contributed by atoms with E-state index in [1.54, 1.807) is 45.2 Å². The summed E-state index contributed by atoms with van der Waals surface area (Å²) < 4.78 is 38.3. The molecule has 2 aromatic carbocycles. The Kier molecular flexibility index (Phi) is 6.26. The van der Waals surface area contributed by atoms with Crippen molar-refractivity contribution in [2.45, 2.75) is 32.1 Å². The van der Waals surface area contributed by atoms with Gasteiger partial charge in [0.2, 0.25) is 0 Å². The highest BCUT2D eigenvalue weighted by Crippen LogP contribution is 2.26. The zero-order valence-corrected chi connectivity index (χ0v) is 16.1. The summed E-state index contributed by atoms with van der Waals surface area (Å²) in [6.45, 7) is 5.65. The molecule has 0 aromatic heterocycles. The van der Waals surface area contributed by atoms with Gasteiger partial charge in [-0.3, -0.25) is 4.72 Å². The molecule has 2 aromatic rings. The lowest BCUT2D eigenvalue weighted by molar-refractivity contribution is 0.0526. The maximum Gasteiger partial charge on any atom is 0.338 e. The minimum atomic E-state index is -3.81. The number of sulfonamides is 1. The first-order chi connectivity index (χ1) is 12.3. The van der Waals surface area contributed by atoms with Gasteiger partial charge in [-0.15, -0.1) is 0 Å². The van der Waals surface area contributed by atoms with E-state index >= 15 is 0 Å². The SMILES string of the molecule is CCOC(=O)c1ccc(C)c(NS(=O)(=O)c2ccc(OC)c(CC)c2)c1. The van der Waals surface area contributed by atoms with Gasteiger partial charge in [-0.1, -0.05) is 13.0 Å². The molecule has 7 heteroatoms. The van der Waals surface area contributed by atoms with Gasteiger partial charge in [-0.2, -0.15) is 0 Å². The maximum absolute atomic E-state index is 12.8. The van der Waals surface area contributed by atoms with Crippen LogP contribution in [0.1, 0.15) is 35.3 Å². The van der Waals surface area contributed by atoms with Crippen molar-refractivity contribution in [2.75, 3.05) is 18.4 Å². The Morgan fingerprint density at radius 3 is 2.46 bits per heavy atom. The highest BCUT2D eigenvalue weighted by molar-refractivity contribution is 7.92. The molecule has 0 saturated carbocycles. The van der Waals surface area contributed by atoms with Crippen LogP contribution in [0.4, 0.5) is 5.69 Å². The van der Waals surface area contributed by atoms with E-state index in [1.807, 2.05) is 6.92 Å².